The molecule has 130 valence electrons. The van der Waals surface area contributed by atoms with Gasteiger partial charge < -0.3 is 13.7 Å². The molecular formula is C16H12O6S3. The zero-order valence-electron chi connectivity index (χ0n) is 12.5. The van der Waals surface area contributed by atoms with Gasteiger partial charge in [0.15, 0.2) is 33.2 Å². The molecule has 3 atom stereocenters. The van der Waals surface area contributed by atoms with Gasteiger partial charge in [-0.1, -0.05) is 36.9 Å². The molecule has 3 aromatic carbocycles. The predicted octanol–water partition coefficient (Wildman–Crippen LogP) is 3.38. The summed E-state index contributed by atoms with van der Waals surface area (Å²) in [6.07, 6.45) is 1.29. The summed E-state index contributed by atoms with van der Waals surface area (Å²) in [5, 5.41) is 2.21. The van der Waals surface area contributed by atoms with Crippen molar-refractivity contribution in [3.05, 3.63) is 48.5 Å². The van der Waals surface area contributed by atoms with E-state index in [4.69, 9.17) is 0 Å². The van der Waals surface area contributed by atoms with Crippen molar-refractivity contribution < 1.29 is 26.3 Å². The monoisotopic (exact) mass is 396 g/mol. The van der Waals surface area contributed by atoms with E-state index in [1.165, 1.54) is 6.08 Å². The topological polar surface area (TPSA) is 112 Å². The van der Waals surface area contributed by atoms with E-state index >= 15 is 0 Å². The van der Waals surface area contributed by atoms with Crippen LogP contribution in [-0.2, 0) is 33.2 Å². The molecule has 0 radical (unpaired) electrons. The Morgan fingerprint density at radius 3 is 1.68 bits per heavy atom. The van der Waals surface area contributed by atoms with Gasteiger partial charge in [-0.2, -0.15) is 0 Å². The zero-order valence-corrected chi connectivity index (χ0v) is 15.0. The molecule has 0 spiro atoms. The Kier molecular flexibility index (Phi) is 4.96. The molecule has 6 nitrogen and oxygen atoms in total. The Bertz CT molecular complexity index is 1110. The Labute approximate surface area is 150 Å². The van der Waals surface area contributed by atoms with Gasteiger partial charge >= 0.3 is 0 Å². The minimum absolute atomic E-state index is 0.174. The number of rotatable bonds is 4. The molecule has 0 aliphatic rings. The molecule has 3 unspecified atom stereocenters. The van der Waals surface area contributed by atoms with E-state index in [9.17, 15) is 26.3 Å². The van der Waals surface area contributed by atoms with E-state index in [0.717, 1.165) is 10.8 Å². The van der Waals surface area contributed by atoms with Crippen molar-refractivity contribution in [1.29, 1.82) is 0 Å². The quantitative estimate of drug-likeness (QED) is 0.460. The molecule has 0 heterocycles. The van der Waals surface area contributed by atoms with Gasteiger partial charge in [-0.05, 0) is 28.3 Å². The van der Waals surface area contributed by atoms with Crippen molar-refractivity contribution in [1.82, 2.24) is 0 Å². The van der Waals surface area contributed by atoms with Gasteiger partial charge in [-0.25, -0.2) is 12.6 Å². The maximum Gasteiger partial charge on any atom is 0.189 e. The Hall–Kier alpha value is -1.75. The molecule has 9 heteroatoms. The van der Waals surface area contributed by atoms with Crippen LogP contribution in [0.25, 0.3) is 27.6 Å². The molecule has 3 aromatic rings. The molecule has 3 rings (SSSR count). The van der Waals surface area contributed by atoms with Crippen LogP contribution in [0.15, 0.2) is 57.7 Å². The lowest BCUT2D eigenvalue weighted by Crippen LogP contribution is -2.08. The van der Waals surface area contributed by atoms with Crippen LogP contribution in [0.1, 0.15) is 5.56 Å². The maximum absolute atomic E-state index is 11.9. The van der Waals surface area contributed by atoms with Gasteiger partial charge in [0.2, 0.25) is 0 Å². The molecule has 0 saturated heterocycles. The van der Waals surface area contributed by atoms with Crippen LogP contribution in [0.4, 0.5) is 0 Å². The van der Waals surface area contributed by atoms with E-state index in [0.29, 0.717) is 5.39 Å². The lowest BCUT2D eigenvalue weighted by molar-refractivity contribution is 0.541. The molecule has 3 N–H and O–H groups in total. The van der Waals surface area contributed by atoms with Crippen LogP contribution in [-0.4, -0.2) is 26.3 Å². The highest BCUT2D eigenvalue weighted by atomic mass is 32.2. The normalized spacial score (nSPS) is 15.2. The predicted molar refractivity (Wildman–Crippen MR) is 98.7 cm³/mol. The lowest BCUT2D eigenvalue weighted by Gasteiger charge is -2.16. The van der Waals surface area contributed by atoms with Crippen LogP contribution < -0.4 is 0 Å². The van der Waals surface area contributed by atoms with Gasteiger partial charge in [0, 0.05) is 10.9 Å². The average molecular weight is 396 g/mol. The van der Waals surface area contributed by atoms with E-state index in [1.807, 2.05) is 12.1 Å². The molecular weight excluding hydrogens is 384 g/mol. The SMILES string of the molecule is C=Cc1c(S(=O)O)c(S(=O)O)c(S(=O)O)c2cc3ccccc3cc12. The summed E-state index contributed by atoms with van der Waals surface area (Å²) in [4.78, 5) is -1.29. The average Bonchev–Trinajstić information content (AvgIpc) is 2.57. The minimum atomic E-state index is -2.75. The van der Waals surface area contributed by atoms with E-state index in [-0.39, 0.29) is 15.8 Å². The van der Waals surface area contributed by atoms with Crippen molar-refractivity contribution >= 4 is 60.9 Å². The third-order valence-electron chi connectivity index (χ3n) is 3.81. The molecule has 0 aliphatic carbocycles. The lowest BCUT2D eigenvalue weighted by atomic mass is 9.99. The molecule has 0 bridgehead atoms. The molecule has 0 aromatic heterocycles. The van der Waals surface area contributed by atoms with Gasteiger partial charge in [0.25, 0.3) is 0 Å². The maximum atomic E-state index is 11.9. The van der Waals surface area contributed by atoms with Crippen LogP contribution in [0.5, 0.6) is 0 Å². The first-order valence-corrected chi connectivity index (χ1v) is 10.2. The number of fused-ring (bicyclic) bond motifs is 2. The summed E-state index contributed by atoms with van der Waals surface area (Å²) in [7, 11) is 0. The van der Waals surface area contributed by atoms with Crippen molar-refractivity contribution in [3.8, 4) is 0 Å². The summed E-state index contributed by atoms with van der Waals surface area (Å²) in [6, 6.07) is 10.5. The summed E-state index contributed by atoms with van der Waals surface area (Å²) in [6.45, 7) is 3.61. The molecule has 0 aliphatic heterocycles. The van der Waals surface area contributed by atoms with Gasteiger partial charge in [-0.15, -0.1) is 0 Å². The third-order valence-corrected chi connectivity index (χ3v) is 6.37. The van der Waals surface area contributed by atoms with E-state index in [1.54, 1.807) is 24.3 Å². The first-order valence-electron chi connectivity index (χ1n) is 6.84. The number of hydrogen-bond donors (Lipinski definition) is 3. The molecule has 0 saturated carbocycles. The summed E-state index contributed by atoms with van der Waals surface area (Å²) in [5.41, 5.74) is 0.174. The van der Waals surface area contributed by atoms with Crippen LogP contribution >= 0.6 is 0 Å². The second kappa shape index (κ2) is 6.87. The van der Waals surface area contributed by atoms with Crippen molar-refractivity contribution in [2.45, 2.75) is 14.7 Å². The van der Waals surface area contributed by atoms with Crippen LogP contribution in [0, 0.1) is 0 Å². The second-order valence-corrected chi connectivity index (χ2v) is 7.82. The molecule has 0 fully saturated rings. The third kappa shape index (κ3) is 2.99. The fourth-order valence-corrected chi connectivity index (χ4v) is 5.55. The Morgan fingerprint density at radius 2 is 1.24 bits per heavy atom. The molecule has 25 heavy (non-hydrogen) atoms. The summed E-state index contributed by atoms with van der Waals surface area (Å²) in [5.74, 6) is 0. The fraction of sp³-hybridized carbons (Fsp3) is 0. The minimum Gasteiger partial charge on any atom is -0.302 e. The number of hydrogen-bond acceptors (Lipinski definition) is 3. The van der Waals surface area contributed by atoms with Gasteiger partial charge in [0.05, 0.1) is 9.79 Å². The summed E-state index contributed by atoms with van der Waals surface area (Å²) < 4.78 is 64.5. The Morgan fingerprint density at radius 1 is 0.760 bits per heavy atom. The van der Waals surface area contributed by atoms with Crippen molar-refractivity contribution in [2.24, 2.45) is 0 Å². The zero-order chi connectivity index (χ0) is 18.3. The fourth-order valence-electron chi connectivity index (χ4n) is 2.83. The summed E-state index contributed by atoms with van der Waals surface area (Å²) >= 11 is -8.06. The highest BCUT2D eigenvalue weighted by Crippen LogP contribution is 2.38. The van der Waals surface area contributed by atoms with Gasteiger partial charge in [-0.3, -0.25) is 0 Å². The first-order chi connectivity index (χ1) is 11.9. The highest BCUT2D eigenvalue weighted by molar-refractivity contribution is 7.84. The second-order valence-electron chi connectivity index (χ2n) is 5.10. The highest BCUT2D eigenvalue weighted by Gasteiger charge is 2.28. The Balaban J connectivity index is 2.71. The first kappa shape index (κ1) is 18.1. The molecule has 0 amide bonds. The van der Waals surface area contributed by atoms with Gasteiger partial charge in [0.1, 0.15) is 4.90 Å². The largest absolute Gasteiger partial charge is 0.302 e. The standard InChI is InChI=1S/C16H12O6S3/c1-2-11-12-7-9-5-3-4-6-10(9)8-13(12)15(24(19)20)16(25(21)22)14(11)23(17)18/h2-8H,1H2,(H,17,18)(H,19,20)(H,21,22). The van der Waals surface area contributed by atoms with Crippen molar-refractivity contribution in [3.63, 3.8) is 0 Å². The smallest absolute Gasteiger partial charge is 0.189 e. The number of benzene rings is 3. The van der Waals surface area contributed by atoms with Crippen LogP contribution in [0.3, 0.4) is 0 Å². The van der Waals surface area contributed by atoms with E-state index < -0.39 is 43.0 Å². The van der Waals surface area contributed by atoms with Crippen LogP contribution in [0.2, 0.25) is 0 Å². The van der Waals surface area contributed by atoms with Crippen molar-refractivity contribution in [2.75, 3.05) is 0 Å². The van der Waals surface area contributed by atoms with E-state index in [2.05, 4.69) is 6.58 Å².